The number of carbonyl (C=O) groups is 1. The quantitative estimate of drug-likeness (QED) is 0.902. The number of rotatable bonds is 5. The second kappa shape index (κ2) is 7.08. The molecule has 1 amide bonds. The summed E-state index contributed by atoms with van der Waals surface area (Å²) in [4.78, 5) is 14.7. The second-order valence-corrected chi connectivity index (χ2v) is 6.59. The summed E-state index contributed by atoms with van der Waals surface area (Å²) in [7, 11) is 0. The van der Waals surface area contributed by atoms with Crippen molar-refractivity contribution < 1.29 is 4.79 Å². The zero-order chi connectivity index (χ0) is 15.3. The third kappa shape index (κ3) is 4.31. The Bertz CT molecular complexity index is 459. The van der Waals surface area contributed by atoms with Crippen LogP contribution in [0, 0.1) is 0 Å². The van der Waals surface area contributed by atoms with Gasteiger partial charge in [-0.05, 0) is 63.9 Å². The summed E-state index contributed by atoms with van der Waals surface area (Å²) in [6, 6.07) is 7.90. The lowest BCUT2D eigenvalue weighted by Crippen LogP contribution is -2.53. The van der Waals surface area contributed by atoms with Gasteiger partial charge in [0.25, 0.3) is 5.91 Å². The predicted molar refractivity (Wildman–Crippen MR) is 87.7 cm³/mol. The fraction of sp³-hybridized carbons (Fsp3) is 0.611. The van der Waals surface area contributed by atoms with Gasteiger partial charge in [0, 0.05) is 17.6 Å². The Hall–Kier alpha value is -1.35. The second-order valence-electron chi connectivity index (χ2n) is 6.59. The molecule has 21 heavy (non-hydrogen) atoms. The standard InChI is InChI=1S/C18H28N2O/c1-4-15-8-10-16(11-9-15)17(21)19-14-18(2,3)20-12-6-5-7-13-20/h8-11H,4-7,12-14H2,1-3H3,(H,19,21). The first-order valence-corrected chi connectivity index (χ1v) is 8.15. The molecule has 0 radical (unpaired) electrons. The maximum absolute atomic E-state index is 12.2. The molecule has 1 aromatic rings. The number of nitrogens with one attached hydrogen (secondary N) is 1. The van der Waals surface area contributed by atoms with Crippen molar-refractivity contribution in [3.8, 4) is 0 Å². The van der Waals surface area contributed by atoms with E-state index < -0.39 is 0 Å². The Morgan fingerprint density at radius 1 is 1.14 bits per heavy atom. The molecule has 3 heteroatoms. The molecule has 1 saturated heterocycles. The van der Waals surface area contributed by atoms with E-state index >= 15 is 0 Å². The number of carbonyl (C=O) groups excluding carboxylic acids is 1. The molecule has 1 aromatic carbocycles. The van der Waals surface area contributed by atoms with Gasteiger partial charge in [-0.25, -0.2) is 0 Å². The van der Waals surface area contributed by atoms with Crippen molar-refractivity contribution in [1.29, 1.82) is 0 Å². The minimum atomic E-state index is 0.0272. The van der Waals surface area contributed by atoms with Crippen LogP contribution in [0.25, 0.3) is 0 Å². The molecule has 116 valence electrons. The molecule has 0 spiro atoms. The van der Waals surface area contributed by atoms with Crippen molar-refractivity contribution in [3.63, 3.8) is 0 Å². The summed E-state index contributed by atoms with van der Waals surface area (Å²) >= 11 is 0. The van der Waals surface area contributed by atoms with E-state index in [9.17, 15) is 4.79 Å². The topological polar surface area (TPSA) is 32.3 Å². The minimum absolute atomic E-state index is 0.0272. The van der Waals surface area contributed by atoms with Gasteiger partial charge in [-0.15, -0.1) is 0 Å². The largest absolute Gasteiger partial charge is 0.350 e. The van der Waals surface area contributed by atoms with Crippen molar-refractivity contribution >= 4 is 5.91 Å². The van der Waals surface area contributed by atoms with Crippen LogP contribution in [0.3, 0.4) is 0 Å². The molecule has 1 heterocycles. The van der Waals surface area contributed by atoms with Crippen LogP contribution in [0.4, 0.5) is 0 Å². The van der Waals surface area contributed by atoms with Crippen LogP contribution in [-0.4, -0.2) is 36.0 Å². The molecule has 0 aliphatic carbocycles. The third-order valence-electron chi connectivity index (χ3n) is 4.52. The van der Waals surface area contributed by atoms with Gasteiger partial charge in [0.1, 0.15) is 0 Å². The molecule has 0 aromatic heterocycles. The monoisotopic (exact) mass is 288 g/mol. The first-order chi connectivity index (χ1) is 10.0. The van der Waals surface area contributed by atoms with E-state index in [-0.39, 0.29) is 11.4 Å². The normalized spacial score (nSPS) is 16.7. The lowest BCUT2D eigenvalue weighted by atomic mass is 9.98. The number of likely N-dealkylation sites (tertiary alicyclic amines) is 1. The number of hydrogen-bond acceptors (Lipinski definition) is 2. The van der Waals surface area contributed by atoms with E-state index in [1.807, 2.05) is 24.3 Å². The lowest BCUT2D eigenvalue weighted by molar-refractivity contribution is 0.0797. The maximum Gasteiger partial charge on any atom is 0.251 e. The molecule has 3 nitrogen and oxygen atoms in total. The molecule has 0 saturated carbocycles. The van der Waals surface area contributed by atoms with E-state index in [0.29, 0.717) is 6.54 Å². The van der Waals surface area contributed by atoms with Crippen molar-refractivity contribution in [1.82, 2.24) is 10.2 Å². The molecule has 0 atom stereocenters. The van der Waals surface area contributed by atoms with E-state index in [1.54, 1.807) is 0 Å². The van der Waals surface area contributed by atoms with Crippen LogP contribution in [0.15, 0.2) is 24.3 Å². The van der Waals surface area contributed by atoms with Crippen molar-refractivity contribution in [2.45, 2.75) is 52.0 Å². The molecule has 1 N–H and O–H groups in total. The highest BCUT2D eigenvalue weighted by Crippen LogP contribution is 2.20. The lowest BCUT2D eigenvalue weighted by Gasteiger charge is -2.41. The fourth-order valence-corrected chi connectivity index (χ4v) is 2.90. The highest BCUT2D eigenvalue weighted by atomic mass is 16.1. The van der Waals surface area contributed by atoms with Gasteiger partial charge in [0.15, 0.2) is 0 Å². The molecule has 1 aliphatic rings. The summed E-state index contributed by atoms with van der Waals surface area (Å²) in [5.41, 5.74) is 2.04. The van der Waals surface area contributed by atoms with Gasteiger partial charge in [0.2, 0.25) is 0 Å². The van der Waals surface area contributed by atoms with Crippen LogP contribution in [0.1, 0.15) is 56.0 Å². The maximum atomic E-state index is 12.2. The minimum Gasteiger partial charge on any atom is -0.350 e. The molecule has 2 rings (SSSR count). The molecular weight excluding hydrogens is 260 g/mol. The van der Waals surface area contributed by atoms with Gasteiger partial charge < -0.3 is 5.32 Å². The molecule has 0 unspecified atom stereocenters. The highest BCUT2D eigenvalue weighted by molar-refractivity contribution is 5.94. The van der Waals surface area contributed by atoms with Crippen molar-refractivity contribution in [3.05, 3.63) is 35.4 Å². The highest BCUT2D eigenvalue weighted by Gasteiger charge is 2.28. The Morgan fingerprint density at radius 3 is 2.33 bits per heavy atom. The van der Waals surface area contributed by atoms with E-state index in [1.165, 1.54) is 24.8 Å². The SMILES string of the molecule is CCc1ccc(C(=O)NCC(C)(C)N2CCCCC2)cc1. The Balaban J connectivity index is 1.89. The van der Waals surface area contributed by atoms with Crippen LogP contribution in [0.5, 0.6) is 0 Å². The van der Waals surface area contributed by atoms with Gasteiger partial charge in [-0.1, -0.05) is 25.5 Å². The van der Waals surface area contributed by atoms with E-state index in [2.05, 4.69) is 31.0 Å². The molecule has 1 fully saturated rings. The fourth-order valence-electron chi connectivity index (χ4n) is 2.90. The first-order valence-electron chi connectivity index (χ1n) is 8.15. The Labute approximate surface area is 128 Å². The average molecular weight is 288 g/mol. The zero-order valence-electron chi connectivity index (χ0n) is 13.6. The number of piperidine rings is 1. The van der Waals surface area contributed by atoms with Gasteiger partial charge >= 0.3 is 0 Å². The predicted octanol–water partition coefficient (Wildman–Crippen LogP) is 3.24. The van der Waals surface area contributed by atoms with E-state index in [0.717, 1.165) is 25.1 Å². The van der Waals surface area contributed by atoms with Crippen LogP contribution < -0.4 is 5.32 Å². The molecule has 1 aliphatic heterocycles. The molecule has 0 bridgehead atoms. The van der Waals surface area contributed by atoms with Crippen LogP contribution in [-0.2, 0) is 6.42 Å². The van der Waals surface area contributed by atoms with Crippen LogP contribution in [0.2, 0.25) is 0 Å². The smallest absolute Gasteiger partial charge is 0.251 e. The van der Waals surface area contributed by atoms with Crippen LogP contribution >= 0.6 is 0 Å². The summed E-state index contributed by atoms with van der Waals surface area (Å²) < 4.78 is 0. The molecular formula is C18H28N2O. The first kappa shape index (κ1) is 16.0. The summed E-state index contributed by atoms with van der Waals surface area (Å²) in [6.07, 6.45) is 4.89. The summed E-state index contributed by atoms with van der Waals surface area (Å²) in [6.45, 7) is 9.55. The number of nitrogens with zero attached hydrogens (tertiary/aromatic N) is 1. The Morgan fingerprint density at radius 2 is 1.76 bits per heavy atom. The summed E-state index contributed by atoms with van der Waals surface area (Å²) in [5.74, 6) is 0.0303. The zero-order valence-corrected chi connectivity index (χ0v) is 13.6. The Kier molecular flexibility index (Phi) is 5.40. The van der Waals surface area contributed by atoms with Gasteiger partial charge in [-0.3, -0.25) is 9.69 Å². The average Bonchev–Trinajstić information content (AvgIpc) is 2.53. The number of hydrogen-bond donors (Lipinski definition) is 1. The van der Waals surface area contributed by atoms with Crippen molar-refractivity contribution in [2.75, 3.05) is 19.6 Å². The number of aryl methyl sites for hydroxylation is 1. The number of amides is 1. The van der Waals surface area contributed by atoms with Gasteiger partial charge in [-0.2, -0.15) is 0 Å². The number of benzene rings is 1. The van der Waals surface area contributed by atoms with E-state index in [4.69, 9.17) is 0 Å². The summed E-state index contributed by atoms with van der Waals surface area (Å²) in [5, 5.41) is 3.09. The van der Waals surface area contributed by atoms with Crippen molar-refractivity contribution in [2.24, 2.45) is 0 Å². The third-order valence-corrected chi connectivity index (χ3v) is 4.52. The van der Waals surface area contributed by atoms with Gasteiger partial charge in [0.05, 0.1) is 0 Å².